The molecule has 0 unspecified atom stereocenters. The van der Waals surface area contributed by atoms with E-state index in [-0.39, 0.29) is 17.0 Å². The van der Waals surface area contributed by atoms with Crippen LogP contribution in [-0.2, 0) is 20.7 Å². The SMILES string of the molecule is C[C@H](OC(=O)[C@H](Cc1ccccc1)NC(N)=O)C(=O)Nc1ccc(C#N)c(Cl)c1. The molecule has 150 valence electrons. The molecule has 0 aromatic heterocycles. The van der Waals surface area contributed by atoms with Gasteiger partial charge in [-0.3, -0.25) is 4.79 Å². The minimum atomic E-state index is -1.15. The van der Waals surface area contributed by atoms with Crippen LogP contribution in [-0.4, -0.2) is 30.1 Å². The molecule has 2 atom stereocenters. The third kappa shape index (κ3) is 6.52. The van der Waals surface area contributed by atoms with E-state index in [1.165, 1.54) is 25.1 Å². The summed E-state index contributed by atoms with van der Waals surface area (Å²) in [5.41, 5.74) is 6.54. The van der Waals surface area contributed by atoms with Gasteiger partial charge in [-0.2, -0.15) is 5.26 Å². The average molecular weight is 415 g/mol. The van der Waals surface area contributed by atoms with Crippen LogP contribution in [0.3, 0.4) is 0 Å². The first-order chi connectivity index (χ1) is 13.8. The fraction of sp³-hybridized carbons (Fsp3) is 0.200. The summed E-state index contributed by atoms with van der Waals surface area (Å²) in [5, 5.41) is 13.9. The van der Waals surface area contributed by atoms with Crippen LogP contribution >= 0.6 is 11.6 Å². The first kappa shape index (κ1) is 21.7. The number of nitrogens with two attached hydrogens (primary N) is 1. The summed E-state index contributed by atoms with van der Waals surface area (Å²) < 4.78 is 5.19. The molecule has 0 fully saturated rings. The van der Waals surface area contributed by atoms with Gasteiger partial charge in [0.05, 0.1) is 10.6 Å². The molecule has 4 N–H and O–H groups in total. The number of ether oxygens (including phenoxy) is 1. The van der Waals surface area contributed by atoms with Gasteiger partial charge in [-0.15, -0.1) is 0 Å². The summed E-state index contributed by atoms with van der Waals surface area (Å²) in [4.78, 5) is 36.0. The average Bonchev–Trinajstić information content (AvgIpc) is 2.68. The molecule has 2 aromatic carbocycles. The van der Waals surface area contributed by atoms with E-state index in [1.807, 2.05) is 12.1 Å². The summed E-state index contributed by atoms with van der Waals surface area (Å²) in [6, 6.07) is 13.3. The molecule has 0 bridgehead atoms. The van der Waals surface area contributed by atoms with Gasteiger partial charge >= 0.3 is 12.0 Å². The van der Waals surface area contributed by atoms with E-state index < -0.39 is 30.1 Å². The van der Waals surface area contributed by atoms with E-state index in [2.05, 4.69) is 10.6 Å². The monoisotopic (exact) mass is 414 g/mol. The highest BCUT2D eigenvalue weighted by molar-refractivity contribution is 6.32. The summed E-state index contributed by atoms with van der Waals surface area (Å²) in [5.74, 6) is -1.40. The van der Waals surface area contributed by atoms with Crippen LogP contribution in [0.4, 0.5) is 10.5 Å². The highest BCUT2D eigenvalue weighted by atomic mass is 35.5. The second kappa shape index (κ2) is 10.1. The Hall–Kier alpha value is -3.57. The number of benzene rings is 2. The Kier molecular flexibility index (Phi) is 7.57. The zero-order valence-electron chi connectivity index (χ0n) is 15.5. The van der Waals surface area contributed by atoms with E-state index in [4.69, 9.17) is 27.3 Å². The van der Waals surface area contributed by atoms with Gasteiger partial charge in [0.2, 0.25) is 0 Å². The number of esters is 1. The zero-order valence-corrected chi connectivity index (χ0v) is 16.3. The van der Waals surface area contributed by atoms with Crippen LogP contribution in [0.1, 0.15) is 18.1 Å². The highest BCUT2D eigenvalue weighted by Gasteiger charge is 2.26. The number of carbonyl (C=O) groups is 3. The highest BCUT2D eigenvalue weighted by Crippen LogP contribution is 2.20. The van der Waals surface area contributed by atoms with Crippen molar-refractivity contribution in [1.29, 1.82) is 5.26 Å². The van der Waals surface area contributed by atoms with Gasteiger partial charge in [-0.1, -0.05) is 41.9 Å². The number of carbonyl (C=O) groups excluding carboxylic acids is 3. The third-order valence-electron chi connectivity index (χ3n) is 3.90. The van der Waals surface area contributed by atoms with Crippen molar-refractivity contribution in [1.82, 2.24) is 5.32 Å². The molecule has 0 radical (unpaired) electrons. The second-order valence-electron chi connectivity index (χ2n) is 6.13. The van der Waals surface area contributed by atoms with Crippen molar-refractivity contribution in [2.75, 3.05) is 5.32 Å². The summed E-state index contributed by atoms with van der Waals surface area (Å²) in [6.07, 6.45) is -0.993. The quantitative estimate of drug-likeness (QED) is 0.598. The molecule has 0 spiro atoms. The molecule has 9 heteroatoms. The van der Waals surface area contributed by atoms with Crippen molar-refractivity contribution in [3.63, 3.8) is 0 Å². The van der Waals surface area contributed by atoms with Crippen molar-refractivity contribution in [3.05, 3.63) is 64.7 Å². The molecule has 3 amide bonds. The largest absolute Gasteiger partial charge is 0.451 e. The molecular weight excluding hydrogens is 396 g/mol. The number of primary amides is 1. The van der Waals surface area contributed by atoms with E-state index in [0.29, 0.717) is 5.69 Å². The zero-order chi connectivity index (χ0) is 21.4. The number of hydrogen-bond donors (Lipinski definition) is 3. The predicted octanol–water partition coefficient (Wildman–Crippen LogP) is 2.36. The lowest BCUT2D eigenvalue weighted by Crippen LogP contribution is -2.47. The Balaban J connectivity index is 2.02. The second-order valence-corrected chi connectivity index (χ2v) is 6.53. The van der Waals surface area contributed by atoms with Crippen molar-refractivity contribution < 1.29 is 19.1 Å². The number of hydrogen-bond acceptors (Lipinski definition) is 5. The Morgan fingerprint density at radius 2 is 1.90 bits per heavy atom. The summed E-state index contributed by atoms with van der Waals surface area (Å²) in [7, 11) is 0. The van der Waals surface area contributed by atoms with E-state index >= 15 is 0 Å². The number of nitriles is 1. The maximum absolute atomic E-state index is 12.5. The van der Waals surface area contributed by atoms with Crippen LogP contribution in [0, 0.1) is 11.3 Å². The standard InChI is InChI=1S/C20H19ClN4O4/c1-12(18(26)24-15-8-7-14(11-22)16(21)10-15)29-19(27)17(25-20(23)28)9-13-5-3-2-4-6-13/h2-8,10,12,17H,9H2,1H3,(H,24,26)(H3,23,25,28)/t12-,17-/m0/s1. The molecule has 2 rings (SSSR count). The lowest BCUT2D eigenvalue weighted by Gasteiger charge is -2.20. The maximum atomic E-state index is 12.5. The maximum Gasteiger partial charge on any atom is 0.329 e. The van der Waals surface area contributed by atoms with E-state index in [1.54, 1.807) is 24.3 Å². The minimum absolute atomic E-state index is 0.155. The lowest BCUT2D eigenvalue weighted by molar-refractivity contribution is -0.155. The van der Waals surface area contributed by atoms with Gasteiger partial charge in [0.15, 0.2) is 6.10 Å². The molecule has 0 aliphatic rings. The number of amides is 3. The predicted molar refractivity (Wildman–Crippen MR) is 107 cm³/mol. The van der Waals surface area contributed by atoms with Crippen molar-refractivity contribution in [3.8, 4) is 6.07 Å². The number of nitrogens with zero attached hydrogens (tertiary/aromatic N) is 1. The Morgan fingerprint density at radius 3 is 2.48 bits per heavy atom. The fourth-order valence-electron chi connectivity index (χ4n) is 2.45. The number of anilines is 1. The van der Waals surface area contributed by atoms with Crippen molar-refractivity contribution in [2.24, 2.45) is 5.73 Å². The molecular formula is C20H19ClN4O4. The van der Waals surface area contributed by atoms with Crippen molar-refractivity contribution in [2.45, 2.75) is 25.5 Å². The summed E-state index contributed by atoms with van der Waals surface area (Å²) in [6.45, 7) is 1.39. The van der Waals surface area contributed by atoms with Gasteiger partial charge < -0.3 is 21.1 Å². The number of rotatable bonds is 7. The van der Waals surface area contributed by atoms with Crippen LogP contribution < -0.4 is 16.4 Å². The molecule has 29 heavy (non-hydrogen) atoms. The third-order valence-corrected chi connectivity index (χ3v) is 4.22. The lowest BCUT2D eigenvalue weighted by atomic mass is 10.1. The number of halogens is 1. The van der Waals surface area contributed by atoms with Crippen LogP contribution in [0.2, 0.25) is 5.02 Å². The number of urea groups is 1. The normalized spacial score (nSPS) is 12.2. The minimum Gasteiger partial charge on any atom is -0.451 e. The van der Waals surface area contributed by atoms with Crippen LogP contribution in [0.5, 0.6) is 0 Å². The Morgan fingerprint density at radius 1 is 1.21 bits per heavy atom. The summed E-state index contributed by atoms with van der Waals surface area (Å²) >= 11 is 5.93. The topological polar surface area (TPSA) is 134 Å². The smallest absolute Gasteiger partial charge is 0.329 e. The molecule has 0 aliphatic carbocycles. The van der Waals surface area contributed by atoms with Crippen LogP contribution in [0.15, 0.2) is 48.5 Å². The molecule has 2 aromatic rings. The van der Waals surface area contributed by atoms with E-state index in [0.717, 1.165) is 5.56 Å². The molecule has 0 aliphatic heterocycles. The molecule has 0 heterocycles. The van der Waals surface area contributed by atoms with Gasteiger partial charge in [0.1, 0.15) is 12.1 Å². The fourth-order valence-corrected chi connectivity index (χ4v) is 2.67. The first-order valence-electron chi connectivity index (χ1n) is 8.61. The van der Waals surface area contributed by atoms with Crippen molar-refractivity contribution >= 4 is 35.2 Å². The first-order valence-corrected chi connectivity index (χ1v) is 8.99. The van der Waals surface area contributed by atoms with Crippen LogP contribution in [0.25, 0.3) is 0 Å². The molecule has 0 saturated carbocycles. The van der Waals surface area contributed by atoms with Gasteiger partial charge in [-0.25, -0.2) is 9.59 Å². The molecule has 0 saturated heterocycles. The van der Waals surface area contributed by atoms with E-state index in [9.17, 15) is 14.4 Å². The van der Waals surface area contributed by atoms with Gasteiger partial charge in [-0.05, 0) is 30.7 Å². The van der Waals surface area contributed by atoms with Gasteiger partial charge in [0, 0.05) is 12.1 Å². The Bertz CT molecular complexity index is 943. The molecule has 8 nitrogen and oxygen atoms in total. The Labute approximate surface area is 172 Å². The van der Waals surface area contributed by atoms with Gasteiger partial charge in [0.25, 0.3) is 5.91 Å². The number of nitrogens with one attached hydrogen (secondary N) is 2.